The van der Waals surface area contributed by atoms with Gasteiger partial charge in [-0.1, -0.05) is 12.1 Å². The first-order valence-electron chi connectivity index (χ1n) is 6.02. The van der Waals surface area contributed by atoms with E-state index >= 15 is 0 Å². The Balaban J connectivity index is 2.29. The fourth-order valence-corrected chi connectivity index (χ4v) is 2.30. The van der Waals surface area contributed by atoms with Gasteiger partial charge in [0.1, 0.15) is 0 Å². The fourth-order valence-electron chi connectivity index (χ4n) is 1.76. The van der Waals surface area contributed by atoms with Crippen molar-refractivity contribution >= 4 is 34.2 Å². The molecule has 0 saturated heterocycles. The molecule has 1 N–H and O–H groups in total. The van der Waals surface area contributed by atoms with Crippen LogP contribution in [0.4, 0.5) is 18.9 Å². The zero-order valence-corrected chi connectivity index (χ0v) is 13.1. The molecule has 0 fully saturated rings. The maximum absolute atomic E-state index is 12.7. The molecule has 21 heavy (non-hydrogen) atoms. The van der Waals surface area contributed by atoms with Crippen molar-refractivity contribution in [2.75, 3.05) is 5.32 Å². The maximum atomic E-state index is 12.7. The van der Waals surface area contributed by atoms with E-state index < -0.39 is 17.6 Å². The predicted octanol–water partition coefficient (Wildman–Crippen LogP) is 4.87. The van der Waals surface area contributed by atoms with Gasteiger partial charge in [-0.15, -0.1) is 0 Å². The number of anilines is 1. The molecule has 0 saturated carbocycles. The highest BCUT2D eigenvalue weighted by Crippen LogP contribution is 2.32. The number of carbonyl (C=O) groups is 1. The van der Waals surface area contributed by atoms with Crippen LogP contribution < -0.4 is 5.32 Å². The number of hydrogen-bond acceptors (Lipinski definition) is 1. The molecule has 0 aliphatic rings. The highest BCUT2D eigenvalue weighted by Gasteiger charge is 2.30. The van der Waals surface area contributed by atoms with Crippen molar-refractivity contribution in [3.05, 3.63) is 62.7 Å². The van der Waals surface area contributed by atoms with Crippen molar-refractivity contribution in [1.82, 2.24) is 0 Å². The predicted molar refractivity (Wildman–Crippen MR) is 83.3 cm³/mol. The molecule has 0 bridgehead atoms. The lowest BCUT2D eigenvalue weighted by atomic mass is 10.1. The van der Waals surface area contributed by atoms with Crippen molar-refractivity contribution in [2.24, 2.45) is 0 Å². The molecule has 2 nitrogen and oxygen atoms in total. The third-order valence-corrected chi connectivity index (χ3v) is 3.57. The summed E-state index contributed by atoms with van der Waals surface area (Å²) in [5, 5.41) is 2.52. The molecule has 2 aromatic carbocycles. The lowest BCUT2D eigenvalue weighted by Crippen LogP contribution is -2.14. The maximum Gasteiger partial charge on any atom is 0.416 e. The summed E-state index contributed by atoms with van der Waals surface area (Å²) in [6.45, 7) is 1.64. The van der Waals surface area contributed by atoms with Crippen LogP contribution in [0.1, 0.15) is 21.5 Å². The van der Waals surface area contributed by atoms with E-state index in [1.807, 2.05) is 6.07 Å². The average molecular weight is 405 g/mol. The van der Waals surface area contributed by atoms with Crippen molar-refractivity contribution in [2.45, 2.75) is 13.1 Å². The number of halogens is 4. The molecular formula is C15H11F3INO. The summed E-state index contributed by atoms with van der Waals surface area (Å²) < 4.78 is 39.0. The van der Waals surface area contributed by atoms with Gasteiger partial charge in [-0.3, -0.25) is 4.79 Å². The van der Waals surface area contributed by atoms with Gasteiger partial charge in [-0.05, 0) is 65.4 Å². The topological polar surface area (TPSA) is 29.1 Å². The van der Waals surface area contributed by atoms with Gasteiger partial charge < -0.3 is 5.32 Å². The number of amides is 1. The average Bonchev–Trinajstić information content (AvgIpc) is 2.40. The Morgan fingerprint density at radius 2 is 1.86 bits per heavy atom. The Kier molecular flexibility index (Phi) is 4.55. The zero-order chi connectivity index (χ0) is 15.6. The molecule has 6 heteroatoms. The highest BCUT2D eigenvalue weighted by atomic mass is 127. The van der Waals surface area contributed by atoms with E-state index in [0.29, 0.717) is 11.1 Å². The quantitative estimate of drug-likeness (QED) is 0.710. The molecule has 0 aliphatic heterocycles. The second kappa shape index (κ2) is 6.05. The second-order valence-corrected chi connectivity index (χ2v) is 5.74. The van der Waals surface area contributed by atoms with E-state index in [2.05, 4.69) is 27.9 Å². The third kappa shape index (κ3) is 3.96. The van der Waals surface area contributed by atoms with Crippen LogP contribution in [0.2, 0.25) is 0 Å². The lowest BCUT2D eigenvalue weighted by molar-refractivity contribution is -0.137. The molecule has 2 aromatic rings. The van der Waals surface area contributed by atoms with Crippen LogP contribution in [0.25, 0.3) is 0 Å². The minimum absolute atomic E-state index is 0.161. The molecule has 0 aliphatic carbocycles. The molecule has 0 heterocycles. The molecule has 0 spiro atoms. The largest absolute Gasteiger partial charge is 0.416 e. The van der Waals surface area contributed by atoms with Crippen molar-refractivity contribution < 1.29 is 18.0 Å². The van der Waals surface area contributed by atoms with Crippen LogP contribution >= 0.6 is 22.6 Å². The highest BCUT2D eigenvalue weighted by molar-refractivity contribution is 14.1. The first kappa shape index (κ1) is 15.8. The van der Waals surface area contributed by atoms with Gasteiger partial charge in [0.05, 0.1) is 5.56 Å². The molecular weight excluding hydrogens is 394 g/mol. The number of aryl methyl sites for hydroxylation is 1. The Morgan fingerprint density at radius 3 is 2.48 bits per heavy atom. The van der Waals surface area contributed by atoms with E-state index in [1.165, 1.54) is 6.07 Å². The van der Waals surface area contributed by atoms with Gasteiger partial charge in [0.15, 0.2) is 0 Å². The van der Waals surface area contributed by atoms with Crippen molar-refractivity contribution in [3.63, 3.8) is 0 Å². The number of benzene rings is 2. The molecule has 0 unspecified atom stereocenters. The fraction of sp³-hybridized carbons (Fsp3) is 0.133. The standard InChI is InChI=1S/C15H11F3INO/c1-9-5-6-11(15(16,17)18)8-13(9)20-14(21)10-3-2-4-12(19)7-10/h2-8H,1H3,(H,20,21). The van der Waals surface area contributed by atoms with E-state index in [9.17, 15) is 18.0 Å². The third-order valence-electron chi connectivity index (χ3n) is 2.90. The Bertz CT molecular complexity index is 683. The molecule has 2 rings (SSSR count). The molecule has 0 aromatic heterocycles. The van der Waals surface area contributed by atoms with Crippen LogP contribution in [-0.4, -0.2) is 5.91 Å². The number of rotatable bonds is 2. The molecule has 0 radical (unpaired) electrons. The van der Waals surface area contributed by atoms with Crippen LogP contribution in [0, 0.1) is 10.5 Å². The van der Waals surface area contributed by atoms with Gasteiger partial charge in [0.2, 0.25) is 0 Å². The Labute approximate surface area is 133 Å². The number of carbonyl (C=O) groups excluding carboxylic acids is 1. The van der Waals surface area contributed by atoms with E-state index in [0.717, 1.165) is 15.7 Å². The normalized spacial score (nSPS) is 11.3. The van der Waals surface area contributed by atoms with Gasteiger partial charge in [-0.25, -0.2) is 0 Å². The minimum Gasteiger partial charge on any atom is -0.322 e. The van der Waals surface area contributed by atoms with Crippen LogP contribution in [-0.2, 0) is 6.18 Å². The van der Waals surface area contributed by atoms with Crippen LogP contribution in [0.5, 0.6) is 0 Å². The molecule has 0 atom stereocenters. The summed E-state index contributed by atoms with van der Waals surface area (Å²) >= 11 is 2.06. The first-order chi connectivity index (χ1) is 9.77. The lowest BCUT2D eigenvalue weighted by Gasteiger charge is -2.12. The summed E-state index contributed by atoms with van der Waals surface area (Å²) in [7, 11) is 0. The minimum atomic E-state index is -4.44. The molecule has 1 amide bonds. The summed E-state index contributed by atoms with van der Waals surface area (Å²) in [6.07, 6.45) is -4.44. The zero-order valence-electron chi connectivity index (χ0n) is 11.0. The second-order valence-electron chi connectivity index (χ2n) is 4.49. The van der Waals surface area contributed by atoms with Gasteiger partial charge in [0, 0.05) is 14.8 Å². The van der Waals surface area contributed by atoms with Gasteiger partial charge in [-0.2, -0.15) is 13.2 Å². The molecule has 110 valence electrons. The first-order valence-corrected chi connectivity index (χ1v) is 7.10. The van der Waals surface area contributed by atoms with Gasteiger partial charge in [0.25, 0.3) is 5.91 Å². The van der Waals surface area contributed by atoms with Crippen LogP contribution in [0.3, 0.4) is 0 Å². The van der Waals surface area contributed by atoms with E-state index in [1.54, 1.807) is 25.1 Å². The summed E-state index contributed by atoms with van der Waals surface area (Å²) in [5.74, 6) is -0.434. The Hall–Kier alpha value is -1.57. The van der Waals surface area contributed by atoms with Crippen molar-refractivity contribution in [1.29, 1.82) is 0 Å². The van der Waals surface area contributed by atoms with E-state index in [4.69, 9.17) is 0 Å². The SMILES string of the molecule is Cc1ccc(C(F)(F)F)cc1NC(=O)c1cccc(I)c1. The summed E-state index contributed by atoms with van der Waals surface area (Å²) in [5.41, 5.74) is 0.348. The van der Waals surface area contributed by atoms with Crippen LogP contribution in [0.15, 0.2) is 42.5 Å². The monoisotopic (exact) mass is 405 g/mol. The van der Waals surface area contributed by atoms with E-state index in [-0.39, 0.29) is 5.69 Å². The Morgan fingerprint density at radius 1 is 1.14 bits per heavy atom. The number of nitrogens with one attached hydrogen (secondary N) is 1. The number of alkyl halides is 3. The summed E-state index contributed by atoms with van der Waals surface area (Å²) in [6, 6.07) is 10.1. The smallest absolute Gasteiger partial charge is 0.322 e. The van der Waals surface area contributed by atoms with Crippen molar-refractivity contribution in [3.8, 4) is 0 Å². The number of hydrogen-bond donors (Lipinski definition) is 1. The van der Waals surface area contributed by atoms with Gasteiger partial charge >= 0.3 is 6.18 Å². The summed E-state index contributed by atoms with van der Waals surface area (Å²) in [4.78, 5) is 12.1.